The van der Waals surface area contributed by atoms with Crippen LogP contribution < -0.4 is 20.3 Å². The van der Waals surface area contributed by atoms with Gasteiger partial charge >= 0.3 is 0 Å². The van der Waals surface area contributed by atoms with Crippen molar-refractivity contribution in [3.63, 3.8) is 0 Å². The standard InChI is InChI=1S/C31H38N8O2/c1-8-31(40)36-25-12-26(29(41-7)14-28(25)38-16-20(4)37(6)21(5)17-38)35-30-13-24(32-18-33-30)22-9-10-27-23(11-22)15-34-39(27)19(2)3/h8-15,18-21H,1,16-17H2,2-7H3,(H,36,40)(H,32,33,35)/t20-,21+. The number of amides is 1. The van der Waals surface area contributed by atoms with Gasteiger partial charge < -0.3 is 20.3 Å². The van der Waals surface area contributed by atoms with E-state index in [0.29, 0.717) is 35.0 Å². The molecule has 1 amide bonds. The average molecular weight is 555 g/mol. The van der Waals surface area contributed by atoms with Gasteiger partial charge in [-0.15, -0.1) is 0 Å². The minimum absolute atomic E-state index is 0.277. The average Bonchev–Trinajstić information content (AvgIpc) is 3.40. The highest BCUT2D eigenvalue weighted by Crippen LogP contribution is 2.40. The van der Waals surface area contributed by atoms with E-state index in [9.17, 15) is 4.79 Å². The van der Waals surface area contributed by atoms with Crippen LogP contribution >= 0.6 is 0 Å². The van der Waals surface area contributed by atoms with Crippen LogP contribution in [0.1, 0.15) is 33.7 Å². The van der Waals surface area contributed by atoms with Gasteiger partial charge in [-0.3, -0.25) is 14.4 Å². The Morgan fingerprint density at radius 3 is 2.54 bits per heavy atom. The van der Waals surface area contributed by atoms with Crippen molar-refractivity contribution in [3.8, 4) is 17.0 Å². The number of methoxy groups -OCH3 is 1. The van der Waals surface area contributed by atoms with E-state index in [0.717, 1.165) is 40.9 Å². The Morgan fingerprint density at radius 1 is 1.10 bits per heavy atom. The van der Waals surface area contributed by atoms with Gasteiger partial charge in [0.2, 0.25) is 5.91 Å². The monoisotopic (exact) mass is 554 g/mol. The highest BCUT2D eigenvalue weighted by atomic mass is 16.5. The summed E-state index contributed by atoms with van der Waals surface area (Å²) in [5.74, 6) is 0.957. The molecule has 2 aromatic heterocycles. The minimum Gasteiger partial charge on any atom is -0.494 e. The third kappa shape index (κ3) is 5.74. The van der Waals surface area contributed by atoms with Crippen LogP contribution in [0.25, 0.3) is 22.2 Å². The summed E-state index contributed by atoms with van der Waals surface area (Å²) in [6, 6.07) is 12.9. The molecule has 4 aromatic rings. The summed E-state index contributed by atoms with van der Waals surface area (Å²) in [4.78, 5) is 26.1. The number of fused-ring (bicyclic) bond motifs is 1. The lowest BCUT2D eigenvalue weighted by Gasteiger charge is -2.44. The smallest absolute Gasteiger partial charge is 0.247 e. The number of carbonyl (C=O) groups is 1. The number of carbonyl (C=O) groups excluding carboxylic acids is 1. The van der Waals surface area contributed by atoms with E-state index in [1.165, 1.54) is 12.4 Å². The number of ether oxygens (including phenoxy) is 1. The zero-order valence-electron chi connectivity index (χ0n) is 24.5. The number of hydrogen-bond acceptors (Lipinski definition) is 8. The number of piperazine rings is 1. The van der Waals surface area contributed by atoms with Crippen LogP contribution in [-0.4, -0.2) is 69.9 Å². The molecule has 0 spiro atoms. The van der Waals surface area contributed by atoms with Crippen molar-refractivity contribution in [2.75, 3.05) is 42.8 Å². The second-order valence-corrected chi connectivity index (χ2v) is 10.9. The van der Waals surface area contributed by atoms with Gasteiger partial charge in [-0.05, 0) is 59.0 Å². The number of nitrogens with one attached hydrogen (secondary N) is 2. The lowest BCUT2D eigenvalue weighted by atomic mass is 10.1. The van der Waals surface area contributed by atoms with Crippen LogP contribution in [0.4, 0.5) is 22.9 Å². The lowest BCUT2D eigenvalue weighted by molar-refractivity contribution is -0.111. The molecule has 0 aliphatic carbocycles. The van der Waals surface area contributed by atoms with E-state index in [1.54, 1.807) is 7.11 Å². The van der Waals surface area contributed by atoms with Gasteiger partial charge in [0, 0.05) is 54.3 Å². The van der Waals surface area contributed by atoms with Gasteiger partial charge in [0.05, 0.1) is 41.6 Å². The quantitative estimate of drug-likeness (QED) is 0.276. The van der Waals surface area contributed by atoms with Crippen LogP contribution in [-0.2, 0) is 4.79 Å². The molecule has 3 heterocycles. The Balaban J connectivity index is 1.48. The molecule has 2 N–H and O–H groups in total. The van der Waals surface area contributed by atoms with Gasteiger partial charge in [0.25, 0.3) is 0 Å². The topological polar surface area (TPSA) is 100 Å². The van der Waals surface area contributed by atoms with E-state index >= 15 is 0 Å². The van der Waals surface area contributed by atoms with Crippen molar-refractivity contribution >= 4 is 39.7 Å². The zero-order valence-corrected chi connectivity index (χ0v) is 24.5. The molecule has 214 valence electrons. The van der Waals surface area contributed by atoms with Gasteiger partial charge in [-0.2, -0.15) is 5.10 Å². The van der Waals surface area contributed by atoms with E-state index in [4.69, 9.17) is 4.74 Å². The molecule has 0 saturated carbocycles. The molecule has 41 heavy (non-hydrogen) atoms. The maximum absolute atomic E-state index is 12.4. The number of anilines is 4. The lowest BCUT2D eigenvalue weighted by Crippen LogP contribution is -2.55. The van der Waals surface area contributed by atoms with Crippen LogP contribution in [0.2, 0.25) is 0 Å². The maximum atomic E-state index is 12.4. The predicted octanol–water partition coefficient (Wildman–Crippen LogP) is 5.48. The van der Waals surface area contributed by atoms with Gasteiger partial charge in [-0.25, -0.2) is 9.97 Å². The first-order valence-corrected chi connectivity index (χ1v) is 13.9. The van der Waals surface area contributed by atoms with Crippen molar-refractivity contribution in [3.05, 3.63) is 61.6 Å². The summed E-state index contributed by atoms with van der Waals surface area (Å²) >= 11 is 0. The molecule has 0 radical (unpaired) electrons. The fourth-order valence-corrected chi connectivity index (χ4v) is 5.33. The first-order valence-electron chi connectivity index (χ1n) is 13.9. The van der Waals surface area contributed by atoms with Crippen LogP contribution in [0.3, 0.4) is 0 Å². The van der Waals surface area contributed by atoms with Crippen molar-refractivity contribution in [2.45, 2.75) is 45.8 Å². The van der Waals surface area contributed by atoms with E-state index in [-0.39, 0.29) is 11.9 Å². The van der Waals surface area contributed by atoms with Crippen LogP contribution in [0.5, 0.6) is 5.75 Å². The summed E-state index contributed by atoms with van der Waals surface area (Å²) in [6.07, 6.45) is 4.69. The van der Waals surface area contributed by atoms with Crippen molar-refractivity contribution in [2.24, 2.45) is 0 Å². The molecule has 2 atom stereocenters. The highest BCUT2D eigenvalue weighted by Gasteiger charge is 2.29. The Morgan fingerprint density at radius 2 is 1.85 bits per heavy atom. The van der Waals surface area contributed by atoms with E-state index in [1.807, 2.05) is 35.1 Å². The fraction of sp³-hybridized carbons (Fsp3) is 0.355. The Hall–Kier alpha value is -4.44. The molecular formula is C31H38N8O2. The maximum Gasteiger partial charge on any atom is 0.247 e. The molecule has 5 rings (SSSR count). The van der Waals surface area contributed by atoms with E-state index < -0.39 is 0 Å². The van der Waals surface area contributed by atoms with Crippen molar-refractivity contribution in [1.82, 2.24) is 24.6 Å². The Kier molecular flexibility index (Phi) is 7.94. The molecule has 10 nitrogen and oxygen atoms in total. The minimum atomic E-state index is -0.280. The molecule has 1 saturated heterocycles. The number of aromatic nitrogens is 4. The largest absolute Gasteiger partial charge is 0.494 e. The fourth-order valence-electron chi connectivity index (χ4n) is 5.33. The normalized spacial score (nSPS) is 17.6. The third-order valence-corrected chi connectivity index (χ3v) is 7.77. The first-order chi connectivity index (χ1) is 19.7. The Bertz CT molecular complexity index is 1570. The first kappa shape index (κ1) is 28.1. The zero-order chi connectivity index (χ0) is 29.3. The van der Waals surface area contributed by atoms with Crippen LogP contribution in [0.15, 0.2) is 61.6 Å². The highest BCUT2D eigenvalue weighted by molar-refractivity contribution is 6.02. The molecule has 2 aromatic carbocycles. The predicted molar refractivity (Wildman–Crippen MR) is 165 cm³/mol. The second kappa shape index (κ2) is 11.6. The van der Waals surface area contributed by atoms with Gasteiger partial charge in [-0.1, -0.05) is 12.6 Å². The summed E-state index contributed by atoms with van der Waals surface area (Å²) in [5.41, 5.74) is 5.06. The molecule has 10 heteroatoms. The number of benzene rings is 2. The van der Waals surface area contributed by atoms with Crippen molar-refractivity contribution < 1.29 is 9.53 Å². The molecule has 1 fully saturated rings. The Labute approximate surface area is 241 Å². The number of likely N-dealkylation sites (N-methyl/N-ethyl adjacent to an activating group) is 1. The third-order valence-electron chi connectivity index (χ3n) is 7.77. The van der Waals surface area contributed by atoms with Gasteiger partial charge in [0.15, 0.2) is 0 Å². The number of hydrogen-bond donors (Lipinski definition) is 2. The van der Waals surface area contributed by atoms with E-state index in [2.05, 4.69) is 89.0 Å². The summed E-state index contributed by atoms with van der Waals surface area (Å²) in [7, 11) is 3.78. The molecular weight excluding hydrogens is 516 g/mol. The SMILES string of the molecule is C=CC(=O)Nc1cc(Nc2cc(-c3ccc4c(cnn4C(C)C)c3)ncn2)c(OC)cc1N1C[C@@H](C)N(C)[C@@H](C)C1. The molecule has 1 aliphatic heterocycles. The number of rotatable bonds is 8. The summed E-state index contributed by atoms with van der Waals surface area (Å²) < 4.78 is 7.82. The second-order valence-electron chi connectivity index (χ2n) is 10.9. The van der Waals surface area contributed by atoms with Crippen molar-refractivity contribution in [1.29, 1.82) is 0 Å². The summed E-state index contributed by atoms with van der Waals surface area (Å²) in [6.45, 7) is 13.9. The molecule has 1 aliphatic rings. The summed E-state index contributed by atoms with van der Waals surface area (Å²) in [5, 5.41) is 11.9. The molecule has 0 unspecified atom stereocenters. The van der Waals surface area contributed by atoms with Gasteiger partial charge in [0.1, 0.15) is 17.9 Å². The molecule has 0 bridgehead atoms. The van der Waals surface area contributed by atoms with Crippen LogP contribution in [0, 0.1) is 0 Å². The number of nitrogens with zero attached hydrogens (tertiary/aromatic N) is 6.